The number of alkyl carbamates (subject to hydrolysis) is 1. The summed E-state index contributed by atoms with van der Waals surface area (Å²) in [6.07, 6.45) is -0.791. The monoisotopic (exact) mass is 199 g/mol. The van der Waals surface area contributed by atoms with Gasteiger partial charge in [0.1, 0.15) is 0 Å². The molecule has 0 aromatic heterocycles. The van der Waals surface area contributed by atoms with Crippen molar-refractivity contribution in [1.82, 2.24) is 5.32 Å². The van der Waals surface area contributed by atoms with Crippen LogP contribution in [0.5, 0.6) is 0 Å². The summed E-state index contributed by atoms with van der Waals surface area (Å²) in [6, 6.07) is 0. The lowest BCUT2D eigenvalue weighted by molar-refractivity contribution is -0.116. The smallest absolute Gasteiger partial charge is 0.404 e. The van der Waals surface area contributed by atoms with Crippen molar-refractivity contribution < 1.29 is 19.4 Å². The van der Waals surface area contributed by atoms with Gasteiger partial charge in [0.05, 0.1) is 6.61 Å². The van der Waals surface area contributed by atoms with Crippen LogP contribution < -0.4 is 5.32 Å². The molecule has 14 heavy (non-hydrogen) atoms. The van der Waals surface area contributed by atoms with Gasteiger partial charge in [-0.3, -0.25) is 10.1 Å². The van der Waals surface area contributed by atoms with E-state index >= 15 is 0 Å². The summed E-state index contributed by atoms with van der Waals surface area (Å²) in [6.45, 7) is 5.17. The van der Waals surface area contributed by atoms with Gasteiger partial charge in [0.15, 0.2) is 5.76 Å². The van der Waals surface area contributed by atoms with Crippen molar-refractivity contribution in [3.8, 4) is 0 Å². The third-order valence-electron chi connectivity index (χ3n) is 1.95. The summed E-state index contributed by atoms with van der Waals surface area (Å²) in [5, 5.41) is 11.1. The van der Waals surface area contributed by atoms with Gasteiger partial charge in [0.25, 0.3) is 5.91 Å². The highest BCUT2D eigenvalue weighted by molar-refractivity contribution is 6.07. The first-order valence-corrected chi connectivity index (χ1v) is 4.24. The number of rotatable bonds is 1. The molecule has 0 saturated carbocycles. The van der Waals surface area contributed by atoms with Crippen LogP contribution in [0.3, 0.4) is 0 Å². The Morgan fingerprint density at radius 3 is 2.29 bits per heavy atom. The van der Waals surface area contributed by atoms with Gasteiger partial charge in [0.2, 0.25) is 0 Å². The third-order valence-corrected chi connectivity index (χ3v) is 1.95. The Balaban J connectivity index is 3.13. The fourth-order valence-electron chi connectivity index (χ4n) is 1.16. The van der Waals surface area contributed by atoms with Crippen LogP contribution in [-0.4, -0.2) is 23.7 Å². The molecule has 1 aliphatic rings. The van der Waals surface area contributed by atoms with Gasteiger partial charge in [-0.25, -0.2) is 4.79 Å². The van der Waals surface area contributed by atoms with Crippen LogP contribution in [-0.2, 0) is 9.53 Å². The zero-order valence-electron chi connectivity index (χ0n) is 8.38. The normalized spacial score (nSPS) is 20.6. The lowest BCUT2D eigenvalue weighted by Crippen LogP contribution is -2.22. The first kappa shape index (κ1) is 10.7. The van der Waals surface area contributed by atoms with Gasteiger partial charge < -0.3 is 9.84 Å². The van der Waals surface area contributed by atoms with Crippen molar-refractivity contribution in [3.05, 3.63) is 11.3 Å². The summed E-state index contributed by atoms with van der Waals surface area (Å²) in [4.78, 5) is 21.9. The maximum atomic E-state index is 11.2. The van der Waals surface area contributed by atoms with Crippen LogP contribution in [0.1, 0.15) is 20.8 Å². The van der Waals surface area contributed by atoms with Crippen molar-refractivity contribution >= 4 is 12.0 Å². The topological polar surface area (TPSA) is 75.6 Å². The van der Waals surface area contributed by atoms with Crippen LogP contribution in [0.4, 0.5) is 4.79 Å². The summed E-state index contributed by atoms with van der Waals surface area (Å²) in [5.74, 6) is -0.668. The predicted octanol–water partition coefficient (Wildman–Crippen LogP) is 0.545. The average molecular weight is 199 g/mol. The molecule has 1 saturated heterocycles. The lowest BCUT2D eigenvalue weighted by Gasteiger charge is -2.21. The molecule has 1 fully saturated rings. The molecule has 1 heterocycles. The van der Waals surface area contributed by atoms with E-state index in [0.29, 0.717) is 5.57 Å². The number of aliphatic hydroxyl groups is 1. The third kappa shape index (κ3) is 1.93. The van der Waals surface area contributed by atoms with E-state index in [2.05, 4.69) is 4.74 Å². The second-order valence-corrected chi connectivity index (χ2v) is 4.06. The van der Waals surface area contributed by atoms with Gasteiger partial charge in [-0.1, -0.05) is 20.8 Å². The van der Waals surface area contributed by atoms with E-state index in [-0.39, 0.29) is 12.4 Å². The SMILES string of the molecule is CC(C)(C)/C(CO)=C1/OC(=O)NC1=O. The second kappa shape index (κ2) is 3.42. The molecule has 0 spiro atoms. The number of carbonyl (C=O) groups excluding carboxylic acids is 2. The number of hydrogen-bond acceptors (Lipinski definition) is 4. The van der Waals surface area contributed by atoms with E-state index in [1.807, 2.05) is 26.1 Å². The Labute approximate surface area is 81.7 Å². The highest BCUT2D eigenvalue weighted by Crippen LogP contribution is 2.29. The van der Waals surface area contributed by atoms with E-state index in [1.165, 1.54) is 0 Å². The highest BCUT2D eigenvalue weighted by atomic mass is 16.6. The number of hydrogen-bond donors (Lipinski definition) is 2. The largest absolute Gasteiger partial charge is 0.419 e. The highest BCUT2D eigenvalue weighted by Gasteiger charge is 2.33. The molecule has 5 heteroatoms. The number of amides is 2. The van der Waals surface area contributed by atoms with Gasteiger partial charge in [-0.05, 0) is 5.41 Å². The molecular formula is C9H13NO4. The molecule has 0 aromatic carbocycles. The molecule has 0 unspecified atom stereocenters. The molecule has 0 radical (unpaired) electrons. The van der Waals surface area contributed by atoms with Crippen LogP contribution >= 0.6 is 0 Å². The summed E-state index contributed by atoms with van der Waals surface area (Å²) >= 11 is 0. The van der Waals surface area contributed by atoms with Crippen LogP contribution in [0.2, 0.25) is 0 Å². The first-order valence-electron chi connectivity index (χ1n) is 4.24. The molecule has 5 nitrogen and oxygen atoms in total. The Bertz CT molecular complexity index is 311. The number of carbonyl (C=O) groups is 2. The van der Waals surface area contributed by atoms with E-state index in [0.717, 1.165) is 0 Å². The van der Waals surface area contributed by atoms with Gasteiger partial charge in [-0.2, -0.15) is 0 Å². The maximum Gasteiger partial charge on any atom is 0.419 e. The number of ether oxygens (including phenoxy) is 1. The van der Waals surface area contributed by atoms with E-state index in [4.69, 9.17) is 5.11 Å². The maximum absolute atomic E-state index is 11.2. The standard InChI is InChI=1S/C9H13NO4/c1-9(2,3)5(4-11)6-7(12)10-8(13)14-6/h11H,4H2,1-3H3,(H,10,12,13)/b6-5+. The van der Waals surface area contributed by atoms with E-state index < -0.39 is 17.4 Å². The van der Waals surface area contributed by atoms with Crippen molar-refractivity contribution in [2.24, 2.45) is 5.41 Å². The van der Waals surface area contributed by atoms with Crippen molar-refractivity contribution in [2.45, 2.75) is 20.8 Å². The van der Waals surface area contributed by atoms with Crippen LogP contribution in [0.25, 0.3) is 0 Å². The first-order chi connectivity index (χ1) is 6.36. The summed E-state index contributed by atoms with van der Waals surface area (Å²) < 4.78 is 4.67. The van der Waals surface area contributed by atoms with Gasteiger partial charge >= 0.3 is 6.09 Å². The molecule has 2 amide bonds. The van der Waals surface area contributed by atoms with Crippen LogP contribution in [0, 0.1) is 5.41 Å². The molecule has 78 valence electrons. The zero-order valence-corrected chi connectivity index (χ0v) is 8.38. The lowest BCUT2D eigenvalue weighted by atomic mass is 9.86. The number of nitrogens with one attached hydrogen (secondary N) is 1. The number of imide groups is 1. The van der Waals surface area contributed by atoms with Gasteiger partial charge in [0, 0.05) is 5.57 Å². The molecule has 1 aliphatic heterocycles. The average Bonchev–Trinajstić information content (AvgIpc) is 2.29. The fraction of sp³-hybridized carbons (Fsp3) is 0.556. The molecule has 0 aliphatic carbocycles. The Morgan fingerprint density at radius 1 is 1.43 bits per heavy atom. The Kier molecular flexibility index (Phi) is 2.62. The molecule has 0 aromatic rings. The fourth-order valence-corrected chi connectivity index (χ4v) is 1.16. The van der Waals surface area contributed by atoms with Crippen molar-refractivity contribution in [1.29, 1.82) is 0 Å². The molecule has 0 atom stereocenters. The van der Waals surface area contributed by atoms with Crippen molar-refractivity contribution in [2.75, 3.05) is 6.61 Å². The van der Waals surface area contributed by atoms with E-state index in [1.54, 1.807) is 0 Å². The second-order valence-electron chi connectivity index (χ2n) is 4.06. The number of aliphatic hydroxyl groups excluding tert-OH is 1. The molecule has 0 bridgehead atoms. The minimum Gasteiger partial charge on any atom is -0.404 e. The molecular weight excluding hydrogens is 186 g/mol. The van der Waals surface area contributed by atoms with Crippen LogP contribution in [0.15, 0.2) is 11.3 Å². The Hall–Kier alpha value is -1.36. The summed E-state index contributed by atoms with van der Waals surface area (Å²) in [7, 11) is 0. The van der Waals surface area contributed by atoms with E-state index in [9.17, 15) is 9.59 Å². The predicted molar refractivity (Wildman–Crippen MR) is 48.2 cm³/mol. The minimum absolute atomic E-state index is 0.0787. The Morgan fingerprint density at radius 2 is 2.00 bits per heavy atom. The van der Waals surface area contributed by atoms with Gasteiger partial charge in [-0.15, -0.1) is 0 Å². The molecule has 1 rings (SSSR count). The summed E-state index contributed by atoms with van der Waals surface area (Å²) in [5.41, 5.74) is 0.00678. The zero-order chi connectivity index (χ0) is 10.9. The van der Waals surface area contributed by atoms with Crippen molar-refractivity contribution in [3.63, 3.8) is 0 Å². The quantitative estimate of drug-likeness (QED) is 0.604. The molecule has 2 N–H and O–H groups in total. The minimum atomic E-state index is -0.791. The number of cyclic esters (lactones) is 1.